The molecule has 90 valence electrons. The minimum Gasteiger partial charge on any atom is -0.469 e. The second kappa shape index (κ2) is 6.70. The van der Waals surface area contributed by atoms with Crippen LogP contribution in [0.25, 0.3) is 0 Å². The summed E-state index contributed by atoms with van der Waals surface area (Å²) >= 11 is 3.26. The summed E-state index contributed by atoms with van der Waals surface area (Å²) in [6.07, 6.45) is 1.26. The Hall–Kier alpha value is -0.810. The fourth-order valence-corrected chi connectivity index (χ4v) is 1.72. The summed E-state index contributed by atoms with van der Waals surface area (Å²) in [6.45, 7) is 1.58. The molecule has 0 aliphatic rings. The molecule has 0 amide bonds. The molecule has 0 bridgehead atoms. The predicted molar refractivity (Wildman–Crippen MR) is 64.0 cm³/mol. The molecule has 1 rings (SSSR count). The van der Waals surface area contributed by atoms with Gasteiger partial charge in [0.2, 0.25) is 0 Å². The zero-order valence-corrected chi connectivity index (χ0v) is 11.1. The zero-order chi connectivity index (χ0) is 12.0. The van der Waals surface area contributed by atoms with Crippen molar-refractivity contribution in [3.63, 3.8) is 0 Å². The Morgan fingerprint density at radius 3 is 2.88 bits per heavy atom. The summed E-state index contributed by atoms with van der Waals surface area (Å²) in [4.78, 5) is 13.0. The molecule has 0 aliphatic carbocycles. The number of carbonyl (C=O) groups excluding carboxylic acids is 1. The van der Waals surface area contributed by atoms with Crippen LogP contribution in [0, 0.1) is 0 Å². The van der Waals surface area contributed by atoms with E-state index in [0.29, 0.717) is 6.42 Å². The first kappa shape index (κ1) is 13.3. The van der Waals surface area contributed by atoms with Gasteiger partial charge in [0.1, 0.15) is 5.76 Å². The Morgan fingerprint density at radius 1 is 1.56 bits per heavy atom. The summed E-state index contributed by atoms with van der Waals surface area (Å²) in [5.74, 6) is 0.751. The van der Waals surface area contributed by atoms with Gasteiger partial charge in [-0.3, -0.25) is 9.69 Å². The van der Waals surface area contributed by atoms with E-state index in [9.17, 15) is 4.79 Å². The van der Waals surface area contributed by atoms with E-state index < -0.39 is 0 Å². The summed E-state index contributed by atoms with van der Waals surface area (Å²) in [5, 5.41) is 0. The van der Waals surface area contributed by atoms with Gasteiger partial charge in [-0.05, 0) is 48.1 Å². The zero-order valence-electron chi connectivity index (χ0n) is 9.53. The van der Waals surface area contributed by atoms with Crippen LogP contribution in [0.5, 0.6) is 0 Å². The van der Waals surface area contributed by atoms with Crippen LogP contribution in [0.15, 0.2) is 21.2 Å². The highest BCUT2D eigenvalue weighted by molar-refractivity contribution is 9.10. The maximum atomic E-state index is 10.9. The molecule has 4 nitrogen and oxygen atoms in total. The molecule has 0 saturated carbocycles. The number of rotatable bonds is 6. The molecule has 1 aromatic rings. The largest absolute Gasteiger partial charge is 0.469 e. The monoisotopic (exact) mass is 289 g/mol. The van der Waals surface area contributed by atoms with Crippen LogP contribution in [0.2, 0.25) is 0 Å². The van der Waals surface area contributed by atoms with Gasteiger partial charge in [-0.2, -0.15) is 0 Å². The molecular formula is C11H16BrNO3. The lowest BCUT2D eigenvalue weighted by Gasteiger charge is -2.14. The van der Waals surface area contributed by atoms with E-state index >= 15 is 0 Å². The third kappa shape index (κ3) is 4.81. The Balaban J connectivity index is 2.20. The van der Waals surface area contributed by atoms with Gasteiger partial charge in [0.05, 0.1) is 13.7 Å². The maximum Gasteiger partial charge on any atom is 0.305 e. The van der Waals surface area contributed by atoms with Crippen molar-refractivity contribution < 1.29 is 13.9 Å². The highest BCUT2D eigenvalue weighted by Crippen LogP contribution is 2.15. The lowest BCUT2D eigenvalue weighted by atomic mass is 10.3. The summed E-state index contributed by atoms with van der Waals surface area (Å²) in [7, 11) is 3.40. The van der Waals surface area contributed by atoms with Crippen molar-refractivity contribution in [1.29, 1.82) is 0 Å². The van der Waals surface area contributed by atoms with Crippen molar-refractivity contribution in [3.05, 3.63) is 22.6 Å². The van der Waals surface area contributed by atoms with Gasteiger partial charge in [-0.25, -0.2) is 0 Å². The molecule has 0 saturated heterocycles. The molecule has 0 atom stereocenters. The topological polar surface area (TPSA) is 42.7 Å². The number of hydrogen-bond acceptors (Lipinski definition) is 4. The molecule has 0 aromatic carbocycles. The van der Waals surface area contributed by atoms with E-state index in [4.69, 9.17) is 4.42 Å². The van der Waals surface area contributed by atoms with Gasteiger partial charge >= 0.3 is 5.97 Å². The number of hydrogen-bond donors (Lipinski definition) is 0. The SMILES string of the molecule is COC(=O)CCCN(C)Cc1ccc(Br)o1. The quantitative estimate of drug-likeness (QED) is 0.755. The molecule has 0 N–H and O–H groups in total. The molecule has 16 heavy (non-hydrogen) atoms. The van der Waals surface area contributed by atoms with Gasteiger partial charge in [0.15, 0.2) is 4.67 Å². The minimum absolute atomic E-state index is 0.158. The first-order valence-electron chi connectivity index (χ1n) is 5.11. The fourth-order valence-electron chi connectivity index (χ4n) is 1.38. The van der Waals surface area contributed by atoms with Gasteiger partial charge in [0, 0.05) is 6.42 Å². The first-order chi connectivity index (χ1) is 7.61. The smallest absolute Gasteiger partial charge is 0.305 e. The summed E-state index contributed by atoms with van der Waals surface area (Å²) in [6, 6.07) is 3.80. The van der Waals surface area contributed by atoms with Crippen molar-refractivity contribution >= 4 is 21.9 Å². The third-order valence-corrected chi connectivity index (χ3v) is 2.63. The third-order valence-electron chi connectivity index (χ3n) is 2.20. The average Bonchev–Trinajstić information content (AvgIpc) is 2.63. The predicted octanol–water partition coefficient (Wildman–Crippen LogP) is 2.43. The lowest BCUT2D eigenvalue weighted by Crippen LogP contribution is -2.19. The van der Waals surface area contributed by atoms with Gasteiger partial charge in [-0.1, -0.05) is 0 Å². The van der Waals surface area contributed by atoms with Crippen molar-refractivity contribution in [2.75, 3.05) is 20.7 Å². The normalized spacial score (nSPS) is 10.8. The fraction of sp³-hybridized carbons (Fsp3) is 0.545. The van der Waals surface area contributed by atoms with E-state index in [1.807, 2.05) is 19.2 Å². The van der Waals surface area contributed by atoms with Crippen LogP contribution in [-0.4, -0.2) is 31.6 Å². The molecular weight excluding hydrogens is 274 g/mol. The highest BCUT2D eigenvalue weighted by atomic mass is 79.9. The van der Waals surface area contributed by atoms with Gasteiger partial charge in [-0.15, -0.1) is 0 Å². The van der Waals surface area contributed by atoms with E-state index in [1.165, 1.54) is 7.11 Å². The second-order valence-electron chi connectivity index (χ2n) is 3.62. The average molecular weight is 290 g/mol. The molecule has 0 spiro atoms. The van der Waals surface area contributed by atoms with E-state index in [0.717, 1.165) is 29.9 Å². The first-order valence-corrected chi connectivity index (χ1v) is 5.90. The van der Waals surface area contributed by atoms with Crippen LogP contribution >= 0.6 is 15.9 Å². The molecule has 0 radical (unpaired) electrons. The molecule has 0 fully saturated rings. The Kier molecular flexibility index (Phi) is 5.55. The molecule has 0 unspecified atom stereocenters. The molecule has 1 aromatic heterocycles. The number of furan rings is 1. The van der Waals surface area contributed by atoms with Crippen molar-refractivity contribution in [2.24, 2.45) is 0 Å². The standard InChI is InChI=1S/C11H16BrNO3/c1-13(7-3-4-11(14)15-2)8-9-5-6-10(12)16-9/h5-6H,3-4,7-8H2,1-2H3. The lowest BCUT2D eigenvalue weighted by molar-refractivity contribution is -0.140. The van der Waals surface area contributed by atoms with Gasteiger partial charge in [0.25, 0.3) is 0 Å². The van der Waals surface area contributed by atoms with E-state index in [1.54, 1.807) is 0 Å². The number of halogens is 1. The maximum absolute atomic E-state index is 10.9. The molecule has 5 heteroatoms. The Labute approximate surface area is 104 Å². The molecule has 0 aliphatic heterocycles. The molecule has 1 heterocycles. The number of ether oxygens (including phenoxy) is 1. The minimum atomic E-state index is -0.158. The van der Waals surface area contributed by atoms with Crippen LogP contribution in [-0.2, 0) is 16.1 Å². The highest BCUT2D eigenvalue weighted by Gasteiger charge is 2.06. The Bertz CT molecular complexity index is 338. The van der Waals surface area contributed by atoms with Crippen molar-refractivity contribution in [1.82, 2.24) is 4.90 Å². The number of esters is 1. The van der Waals surface area contributed by atoms with Gasteiger partial charge < -0.3 is 9.15 Å². The van der Waals surface area contributed by atoms with E-state index in [2.05, 4.69) is 25.6 Å². The number of carbonyl (C=O) groups is 1. The van der Waals surface area contributed by atoms with Crippen LogP contribution in [0.4, 0.5) is 0 Å². The van der Waals surface area contributed by atoms with Crippen LogP contribution < -0.4 is 0 Å². The van der Waals surface area contributed by atoms with Crippen LogP contribution in [0.1, 0.15) is 18.6 Å². The Morgan fingerprint density at radius 2 is 2.31 bits per heavy atom. The second-order valence-corrected chi connectivity index (χ2v) is 4.40. The summed E-state index contributed by atoms with van der Waals surface area (Å²) in [5.41, 5.74) is 0. The van der Waals surface area contributed by atoms with Crippen molar-refractivity contribution in [3.8, 4) is 0 Å². The van der Waals surface area contributed by atoms with E-state index in [-0.39, 0.29) is 5.97 Å². The summed E-state index contributed by atoms with van der Waals surface area (Å²) < 4.78 is 10.7. The van der Waals surface area contributed by atoms with Crippen molar-refractivity contribution in [2.45, 2.75) is 19.4 Å². The van der Waals surface area contributed by atoms with Crippen LogP contribution in [0.3, 0.4) is 0 Å². The number of nitrogens with zero attached hydrogens (tertiary/aromatic N) is 1. The number of methoxy groups -OCH3 is 1.